The molecule has 1 amide bonds. The average Bonchev–Trinajstić information content (AvgIpc) is 2.59. The van der Waals surface area contributed by atoms with Crippen LogP contribution in [0.1, 0.15) is 5.56 Å². The summed E-state index contributed by atoms with van der Waals surface area (Å²) < 4.78 is 5.61. The molecule has 0 radical (unpaired) electrons. The van der Waals surface area contributed by atoms with E-state index >= 15 is 0 Å². The first-order chi connectivity index (χ1) is 11.0. The number of thioether (sulfide) groups is 1. The highest BCUT2D eigenvalue weighted by molar-refractivity contribution is 8.00. The number of carboxylic acids is 1. The van der Waals surface area contributed by atoms with Gasteiger partial charge in [-0.3, -0.25) is 9.59 Å². The van der Waals surface area contributed by atoms with Crippen LogP contribution in [0.4, 0.5) is 0 Å². The van der Waals surface area contributed by atoms with Crippen molar-refractivity contribution in [3.05, 3.63) is 29.8 Å². The maximum Gasteiger partial charge on any atom is 0.315 e. The van der Waals surface area contributed by atoms with Crippen molar-refractivity contribution in [1.82, 2.24) is 4.90 Å². The predicted molar refractivity (Wildman–Crippen MR) is 82.7 cm³/mol. The molecule has 120 valence electrons. The van der Waals surface area contributed by atoms with E-state index in [1.54, 1.807) is 24.3 Å². The summed E-state index contributed by atoms with van der Waals surface area (Å²) in [5.74, 6) is -0.474. The highest BCUT2D eigenvalue weighted by Gasteiger charge is 2.56. The molecule has 2 heterocycles. The molecule has 2 unspecified atom stereocenters. The van der Waals surface area contributed by atoms with Crippen LogP contribution in [0.2, 0.25) is 0 Å². The monoisotopic (exact) mass is 333 g/mol. The second kappa shape index (κ2) is 5.76. The van der Waals surface area contributed by atoms with Crippen LogP contribution in [0.5, 0.6) is 5.75 Å². The van der Waals surface area contributed by atoms with Gasteiger partial charge in [0.15, 0.2) is 0 Å². The number of aliphatic carboxylic acids is 1. The number of fused-ring (bicyclic) bond motifs is 1. The number of nitriles is 1. The van der Waals surface area contributed by atoms with Gasteiger partial charge in [-0.25, -0.2) is 0 Å². The van der Waals surface area contributed by atoms with Crippen molar-refractivity contribution < 1.29 is 19.4 Å². The third-order valence-electron chi connectivity index (χ3n) is 4.12. The number of nitrogens with two attached hydrogens (primary N) is 1. The average molecular weight is 333 g/mol. The molecule has 1 aromatic carbocycles. The molecule has 7 nitrogen and oxygen atoms in total. The fraction of sp³-hybridized carbons (Fsp3) is 0.400. The van der Waals surface area contributed by atoms with Gasteiger partial charge in [-0.1, -0.05) is 6.07 Å². The molecule has 2 aliphatic heterocycles. The Balaban J connectivity index is 1.73. The lowest BCUT2D eigenvalue weighted by atomic mass is 9.88. The zero-order chi connectivity index (χ0) is 16.6. The number of hydrogen-bond donors (Lipinski definition) is 2. The van der Waals surface area contributed by atoms with Crippen molar-refractivity contribution in [1.29, 1.82) is 5.26 Å². The molecule has 0 bridgehead atoms. The SMILES string of the molecule is N#Cc1cccc(OCC2(C(=O)O)CS[C@@H]3C(N)C(=O)N3C2)c1. The Morgan fingerprint density at radius 2 is 2.39 bits per heavy atom. The third-order valence-corrected chi connectivity index (χ3v) is 5.73. The van der Waals surface area contributed by atoms with Crippen molar-refractivity contribution in [2.24, 2.45) is 11.1 Å². The predicted octanol–water partition coefficient (Wildman–Crippen LogP) is 0.250. The summed E-state index contributed by atoms with van der Waals surface area (Å²) in [7, 11) is 0. The zero-order valence-electron chi connectivity index (χ0n) is 12.1. The van der Waals surface area contributed by atoms with Gasteiger partial charge in [0.05, 0.1) is 11.6 Å². The molecule has 2 saturated heterocycles. The molecule has 2 fully saturated rings. The number of carboxylic acid groups (broad SMARTS) is 1. The van der Waals surface area contributed by atoms with Crippen molar-refractivity contribution >= 4 is 23.6 Å². The van der Waals surface area contributed by atoms with Crippen molar-refractivity contribution in [3.63, 3.8) is 0 Å². The minimum absolute atomic E-state index is 0.0735. The van der Waals surface area contributed by atoms with Crippen molar-refractivity contribution in [2.45, 2.75) is 11.4 Å². The Morgan fingerprint density at radius 3 is 3.09 bits per heavy atom. The second-order valence-corrected chi connectivity index (χ2v) is 6.81. The third kappa shape index (κ3) is 2.62. The Morgan fingerprint density at radius 1 is 1.61 bits per heavy atom. The van der Waals surface area contributed by atoms with Gasteiger partial charge in [0.2, 0.25) is 5.91 Å². The Bertz CT molecular complexity index is 704. The van der Waals surface area contributed by atoms with E-state index < -0.39 is 17.4 Å². The van der Waals surface area contributed by atoms with Gasteiger partial charge < -0.3 is 20.5 Å². The number of hydrogen-bond acceptors (Lipinski definition) is 6. The van der Waals surface area contributed by atoms with Crippen molar-refractivity contribution in [3.8, 4) is 11.8 Å². The van der Waals surface area contributed by atoms with E-state index in [-0.39, 0.29) is 24.4 Å². The Kier molecular flexibility index (Phi) is 3.92. The first-order valence-electron chi connectivity index (χ1n) is 7.01. The summed E-state index contributed by atoms with van der Waals surface area (Å²) >= 11 is 1.37. The minimum Gasteiger partial charge on any atom is -0.492 e. The lowest BCUT2D eigenvalue weighted by Crippen LogP contribution is -2.72. The van der Waals surface area contributed by atoms with E-state index in [1.807, 2.05) is 6.07 Å². The van der Waals surface area contributed by atoms with Crippen LogP contribution in [0, 0.1) is 16.7 Å². The molecular weight excluding hydrogens is 318 g/mol. The van der Waals surface area contributed by atoms with Gasteiger partial charge in [0.1, 0.15) is 29.2 Å². The van der Waals surface area contributed by atoms with Crippen LogP contribution < -0.4 is 10.5 Å². The van der Waals surface area contributed by atoms with Crippen LogP contribution in [0.3, 0.4) is 0 Å². The standard InChI is InChI=1S/C15H15N3O4S/c16-5-9-2-1-3-10(4-9)22-7-15(14(20)21)6-18-12(19)11(17)13(18)23-8-15/h1-4,11,13H,6-8,17H2,(H,20,21)/t11?,13-,15?/m1/s1. The van der Waals surface area contributed by atoms with Crippen LogP contribution in [0.25, 0.3) is 0 Å². The quantitative estimate of drug-likeness (QED) is 0.759. The zero-order valence-corrected chi connectivity index (χ0v) is 13.0. The molecule has 2 aliphatic rings. The van der Waals surface area contributed by atoms with E-state index in [4.69, 9.17) is 15.7 Å². The number of nitrogens with zero attached hydrogens (tertiary/aromatic N) is 2. The number of β-lactam (4-membered cyclic amide) rings is 1. The highest BCUT2D eigenvalue weighted by Crippen LogP contribution is 2.41. The minimum atomic E-state index is -1.18. The second-order valence-electron chi connectivity index (χ2n) is 5.71. The summed E-state index contributed by atoms with van der Waals surface area (Å²) in [6.45, 7) is 0.0143. The van der Waals surface area contributed by atoms with Crippen LogP contribution in [-0.4, -0.2) is 52.2 Å². The normalized spacial score (nSPS) is 29.2. The fourth-order valence-corrected chi connectivity index (χ4v) is 4.15. The maximum atomic E-state index is 11.8. The lowest BCUT2D eigenvalue weighted by molar-refractivity contribution is -0.158. The summed E-state index contributed by atoms with van der Waals surface area (Å²) in [5, 5.41) is 18.4. The molecule has 0 spiro atoms. The van der Waals surface area contributed by atoms with E-state index in [2.05, 4.69) is 0 Å². The highest BCUT2D eigenvalue weighted by atomic mass is 32.2. The number of amides is 1. The van der Waals surface area contributed by atoms with Gasteiger partial charge in [-0.2, -0.15) is 5.26 Å². The van der Waals surface area contributed by atoms with Gasteiger partial charge in [0, 0.05) is 12.3 Å². The molecular formula is C15H15N3O4S. The smallest absolute Gasteiger partial charge is 0.315 e. The lowest BCUT2D eigenvalue weighted by Gasteiger charge is -2.52. The van der Waals surface area contributed by atoms with Crippen LogP contribution in [0.15, 0.2) is 24.3 Å². The van der Waals surface area contributed by atoms with E-state index in [9.17, 15) is 14.7 Å². The number of rotatable bonds is 4. The van der Waals surface area contributed by atoms with Crippen molar-refractivity contribution in [2.75, 3.05) is 18.9 Å². The van der Waals surface area contributed by atoms with Gasteiger partial charge in [-0.05, 0) is 18.2 Å². The van der Waals surface area contributed by atoms with Crippen LogP contribution in [-0.2, 0) is 9.59 Å². The molecule has 23 heavy (non-hydrogen) atoms. The fourth-order valence-electron chi connectivity index (χ4n) is 2.68. The van der Waals surface area contributed by atoms with E-state index in [1.165, 1.54) is 16.7 Å². The molecule has 0 saturated carbocycles. The summed E-state index contributed by atoms with van der Waals surface area (Å²) in [6.07, 6.45) is 0. The van der Waals surface area contributed by atoms with Crippen LogP contribution >= 0.6 is 11.8 Å². The number of ether oxygens (including phenoxy) is 1. The molecule has 0 aromatic heterocycles. The topological polar surface area (TPSA) is 117 Å². The number of carbonyl (C=O) groups is 2. The molecule has 8 heteroatoms. The first-order valence-corrected chi connectivity index (χ1v) is 8.06. The van der Waals surface area contributed by atoms with E-state index in [0.717, 1.165) is 0 Å². The largest absolute Gasteiger partial charge is 0.492 e. The Labute approximate surface area is 137 Å². The molecule has 3 atom stereocenters. The summed E-state index contributed by atoms with van der Waals surface area (Å²) in [4.78, 5) is 25.1. The molecule has 3 N–H and O–H groups in total. The van der Waals surface area contributed by atoms with Gasteiger partial charge >= 0.3 is 5.97 Å². The van der Waals surface area contributed by atoms with Gasteiger partial charge in [-0.15, -0.1) is 11.8 Å². The molecule has 1 aromatic rings. The summed E-state index contributed by atoms with van der Waals surface area (Å²) in [5.41, 5.74) is 4.97. The summed E-state index contributed by atoms with van der Waals surface area (Å²) in [6, 6.07) is 7.99. The van der Waals surface area contributed by atoms with E-state index in [0.29, 0.717) is 17.1 Å². The first kappa shape index (κ1) is 15.6. The molecule has 0 aliphatic carbocycles. The number of carbonyl (C=O) groups excluding carboxylic acids is 1. The number of benzene rings is 1. The maximum absolute atomic E-state index is 11.8. The Hall–Kier alpha value is -2.24. The van der Waals surface area contributed by atoms with Gasteiger partial charge in [0.25, 0.3) is 0 Å². The molecule has 3 rings (SSSR count).